The Bertz CT molecular complexity index is 487. The van der Waals surface area contributed by atoms with Crippen LogP contribution in [0.5, 0.6) is 5.75 Å². The Hall–Kier alpha value is -1.62. The Morgan fingerprint density at radius 2 is 2.17 bits per heavy atom. The van der Waals surface area contributed by atoms with Gasteiger partial charge < -0.3 is 10.6 Å². The Kier molecular flexibility index (Phi) is 5.09. The first-order chi connectivity index (χ1) is 8.49. The topological polar surface area (TPSA) is 47.6 Å². The molecule has 0 radical (unpaired) electrons. The van der Waals surface area contributed by atoms with Gasteiger partial charge in [-0.15, -0.1) is 0 Å². The SMILES string of the molecule is C/C=C(C)\C(=N/N)c1cc(Cl)ccc1OC(F)F. The maximum Gasteiger partial charge on any atom is 0.387 e. The lowest BCUT2D eigenvalue weighted by molar-refractivity contribution is -0.0499. The van der Waals surface area contributed by atoms with E-state index in [1.165, 1.54) is 18.2 Å². The van der Waals surface area contributed by atoms with Gasteiger partial charge in [-0.2, -0.15) is 13.9 Å². The monoisotopic (exact) mass is 274 g/mol. The third-order valence-corrected chi connectivity index (χ3v) is 2.58. The summed E-state index contributed by atoms with van der Waals surface area (Å²) in [5.74, 6) is 5.28. The van der Waals surface area contributed by atoms with Crippen molar-refractivity contribution in [1.82, 2.24) is 0 Å². The quantitative estimate of drug-likeness (QED) is 0.518. The molecule has 0 fully saturated rings. The molecule has 0 spiro atoms. The highest BCUT2D eigenvalue weighted by Gasteiger charge is 2.15. The molecule has 3 nitrogen and oxygen atoms in total. The van der Waals surface area contributed by atoms with E-state index < -0.39 is 6.61 Å². The van der Waals surface area contributed by atoms with Crippen molar-refractivity contribution in [2.45, 2.75) is 20.5 Å². The van der Waals surface area contributed by atoms with Gasteiger partial charge in [0.05, 0.1) is 5.71 Å². The predicted molar refractivity (Wildman–Crippen MR) is 68.2 cm³/mol. The molecule has 6 heteroatoms. The second-order valence-electron chi connectivity index (χ2n) is 3.47. The van der Waals surface area contributed by atoms with Gasteiger partial charge in [0, 0.05) is 10.6 Å². The van der Waals surface area contributed by atoms with E-state index in [0.29, 0.717) is 16.3 Å². The van der Waals surface area contributed by atoms with Crippen LogP contribution in [-0.4, -0.2) is 12.3 Å². The molecule has 0 aliphatic carbocycles. The van der Waals surface area contributed by atoms with Gasteiger partial charge in [-0.3, -0.25) is 0 Å². The minimum absolute atomic E-state index is 0.0141. The van der Waals surface area contributed by atoms with Crippen LogP contribution in [-0.2, 0) is 0 Å². The molecule has 0 amide bonds. The van der Waals surface area contributed by atoms with Crippen molar-refractivity contribution in [3.05, 3.63) is 40.4 Å². The number of rotatable bonds is 4. The normalized spacial score (nSPS) is 13.0. The van der Waals surface area contributed by atoms with E-state index in [2.05, 4.69) is 9.84 Å². The minimum atomic E-state index is -2.92. The van der Waals surface area contributed by atoms with E-state index in [1.54, 1.807) is 19.9 Å². The van der Waals surface area contributed by atoms with E-state index in [4.69, 9.17) is 17.4 Å². The highest BCUT2D eigenvalue weighted by molar-refractivity contribution is 6.31. The molecule has 1 rings (SSSR count). The van der Waals surface area contributed by atoms with Crippen LogP contribution in [0.3, 0.4) is 0 Å². The minimum Gasteiger partial charge on any atom is -0.434 e. The average Bonchev–Trinajstić information content (AvgIpc) is 2.32. The number of hydrogen-bond donors (Lipinski definition) is 1. The third-order valence-electron chi connectivity index (χ3n) is 2.35. The summed E-state index contributed by atoms with van der Waals surface area (Å²) >= 11 is 5.84. The number of benzene rings is 1. The second kappa shape index (κ2) is 6.35. The van der Waals surface area contributed by atoms with Gasteiger partial charge in [0.2, 0.25) is 0 Å². The standard InChI is InChI=1S/C12H13ClF2N2O/c1-3-7(2)11(17-16)9-6-8(13)4-5-10(9)18-12(14)15/h3-6,12H,16H2,1-2H3/b7-3-,17-11+. The summed E-state index contributed by atoms with van der Waals surface area (Å²) in [7, 11) is 0. The maximum absolute atomic E-state index is 12.3. The molecule has 1 aromatic carbocycles. The predicted octanol–water partition coefficient (Wildman–Crippen LogP) is 3.57. The van der Waals surface area contributed by atoms with Crippen LogP contribution in [0.25, 0.3) is 0 Å². The number of nitrogens with zero attached hydrogens (tertiary/aromatic N) is 1. The van der Waals surface area contributed by atoms with E-state index >= 15 is 0 Å². The van der Waals surface area contributed by atoms with Crippen molar-refractivity contribution < 1.29 is 13.5 Å². The van der Waals surface area contributed by atoms with Crippen LogP contribution >= 0.6 is 11.6 Å². The summed E-state index contributed by atoms with van der Waals surface area (Å²) in [6.07, 6.45) is 1.76. The Labute approximate surface area is 109 Å². The molecule has 0 aliphatic heterocycles. The molecule has 0 bridgehead atoms. The fraction of sp³-hybridized carbons (Fsp3) is 0.250. The first-order valence-electron chi connectivity index (χ1n) is 5.15. The first kappa shape index (κ1) is 14.4. The van der Waals surface area contributed by atoms with Crippen molar-refractivity contribution in [3.8, 4) is 5.75 Å². The number of allylic oxidation sites excluding steroid dienone is 2. The zero-order valence-electron chi connectivity index (χ0n) is 9.95. The second-order valence-corrected chi connectivity index (χ2v) is 3.90. The Morgan fingerprint density at radius 3 is 2.67 bits per heavy atom. The van der Waals surface area contributed by atoms with E-state index in [1.807, 2.05) is 0 Å². The number of hydrazone groups is 1. The lowest BCUT2D eigenvalue weighted by atomic mass is 10.0. The molecule has 0 aliphatic rings. The van der Waals surface area contributed by atoms with E-state index in [0.717, 1.165) is 5.57 Å². The summed E-state index contributed by atoms with van der Waals surface area (Å²) in [4.78, 5) is 0. The largest absolute Gasteiger partial charge is 0.434 e. The summed E-state index contributed by atoms with van der Waals surface area (Å²) in [5.41, 5.74) is 1.43. The van der Waals surface area contributed by atoms with Crippen molar-refractivity contribution in [1.29, 1.82) is 0 Å². The molecule has 0 aromatic heterocycles. The molecule has 2 N–H and O–H groups in total. The van der Waals surface area contributed by atoms with Gasteiger partial charge in [-0.25, -0.2) is 0 Å². The number of hydrogen-bond acceptors (Lipinski definition) is 3. The van der Waals surface area contributed by atoms with Crippen molar-refractivity contribution in [2.75, 3.05) is 0 Å². The molecule has 18 heavy (non-hydrogen) atoms. The zero-order valence-corrected chi connectivity index (χ0v) is 10.7. The Balaban J connectivity index is 3.32. The molecule has 0 saturated heterocycles. The number of ether oxygens (including phenoxy) is 1. The van der Waals surface area contributed by atoms with Gasteiger partial charge in [0.15, 0.2) is 0 Å². The highest BCUT2D eigenvalue weighted by Crippen LogP contribution is 2.27. The number of halogens is 3. The van der Waals surface area contributed by atoms with Gasteiger partial charge in [0.1, 0.15) is 5.75 Å². The molecular formula is C12H13ClF2N2O. The maximum atomic E-state index is 12.3. The molecule has 0 atom stereocenters. The molecule has 0 unspecified atom stereocenters. The summed E-state index contributed by atoms with van der Waals surface area (Å²) in [6.45, 7) is 0.632. The summed E-state index contributed by atoms with van der Waals surface area (Å²) < 4.78 is 29.0. The molecule has 98 valence electrons. The van der Waals surface area contributed by atoms with Crippen LogP contribution in [0.2, 0.25) is 5.02 Å². The van der Waals surface area contributed by atoms with Crippen LogP contribution in [0.15, 0.2) is 34.9 Å². The number of alkyl halides is 2. The van der Waals surface area contributed by atoms with Crippen LogP contribution in [0.4, 0.5) is 8.78 Å². The van der Waals surface area contributed by atoms with E-state index in [9.17, 15) is 8.78 Å². The van der Waals surface area contributed by atoms with Gasteiger partial charge in [0.25, 0.3) is 0 Å². The first-order valence-corrected chi connectivity index (χ1v) is 5.53. The summed E-state index contributed by atoms with van der Waals surface area (Å²) in [6, 6.07) is 4.30. The van der Waals surface area contributed by atoms with Crippen LogP contribution in [0, 0.1) is 0 Å². The number of nitrogens with two attached hydrogens (primary N) is 1. The van der Waals surface area contributed by atoms with Crippen LogP contribution < -0.4 is 10.6 Å². The smallest absolute Gasteiger partial charge is 0.387 e. The van der Waals surface area contributed by atoms with Crippen molar-refractivity contribution in [2.24, 2.45) is 10.9 Å². The molecule has 0 heterocycles. The lowest BCUT2D eigenvalue weighted by Gasteiger charge is -2.13. The van der Waals surface area contributed by atoms with Crippen LogP contribution in [0.1, 0.15) is 19.4 Å². The van der Waals surface area contributed by atoms with Gasteiger partial charge >= 0.3 is 6.61 Å². The average molecular weight is 275 g/mol. The van der Waals surface area contributed by atoms with Crippen molar-refractivity contribution in [3.63, 3.8) is 0 Å². The third kappa shape index (κ3) is 3.43. The van der Waals surface area contributed by atoms with Gasteiger partial charge in [-0.05, 0) is 37.6 Å². The van der Waals surface area contributed by atoms with Crippen molar-refractivity contribution >= 4 is 17.3 Å². The van der Waals surface area contributed by atoms with Gasteiger partial charge in [-0.1, -0.05) is 17.7 Å². The fourth-order valence-corrected chi connectivity index (χ4v) is 1.58. The van der Waals surface area contributed by atoms with E-state index in [-0.39, 0.29) is 5.75 Å². The summed E-state index contributed by atoms with van der Waals surface area (Å²) in [5, 5.41) is 3.99. The molecule has 0 saturated carbocycles. The Morgan fingerprint density at radius 1 is 1.50 bits per heavy atom. The lowest BCUT2D eigenvalue weighted by Crippen LogP contribution is -2.11. The zero-order chi connectivity index (χ0) is 13.7. The highest BCUT2D eigenvalue weighted by atomic mass is 35.5. The molecule has 1 aromatic rings. The molecular weight excluding hydrogens is 262 g/mol. The fourth-order valence-electron chi connectivity index (χ4n) is 1.41.